The van der Waals surface area contributed by atoms with E-state index in [0.29, 0.717) is 0 Å². The van der Waals surface area contributed by atoms with Gasteiger partial charge in [-0.3, -0.25) is 0 Å². The normalized spacial score (nSPS) is 0. The van der Waals surface area contributed by atoms with Crippen LogP contribution in [-0.2, 0) is 32.9 Å². The summed E-state index contributed by atoms with van der Waals surface area (Å²) >= 11 is 0. The van der Waals surface area contributed by atoms with Crippen LogP contribution in [0.25, 0.3) is 0 Å². The summed E-state index contributed by atoms with van der Waals surface area (Å²) in [6.07, 6.45) is 0. The molecule has 0 rings (SSSR count). The smallest absolute Gasteiger partial charge is 2.00 e. The van der Waals surface area contributed by atoms with Gasteiger partial charge in [-0.15, -0.1) is 0 Å². The average molecular weight is 258 g/mol. The molecule has 0 unspecified atom stereocenters. The Morgan fingerprint density at radius 3 is 0.167 bits per heavy atom. The maximum absolute atomic E-state index is 0. The second kappa shape index (κ2) is 268. The van der Waals surface area contributed by atoms with Crippen LogP contribution in [-0.4, -0.2) is 104 Å². The summed E-state index contributed by atoms with van der Waals surface area (Å²) in [6, 6.07) is 0. The van der Waals surface area contributed by atoms with Crippen LogP contribution in [0.2, 0.25) is 0 Å². The second-order valence-corrected chi connectivity index (χ2v) is 0. The Kier molecular flexibility index (Phi) is 7460. The summed E-state index contributed by atoms with van der Waals surface area (Å²) in [5.74, 6) is 0. The minimum absolute atomic E-state index is 0. The van der Waals surface area contributed by atoms with E-state index in [-0.39, 0.29) is 137 Å². The van der Waals surface area contributed by atoms with Gasteiger partial charge in [0.05, 0.1) is 0 Å². The number of hydrogen-bond donors (Lipinski definition) is 0. The largest absolute Gasteiger partial charge is 3.00 e. The van der Waals surface area contributed by atoms with E-state index in [1.807, 2.05) is 0 Å². The van der Waals surface area contributed by atoms with Gasteiger partial charge in [0.25, 0.3) is 0 Å². The van der Waals surface area contributed by atoms with Gasteiger partial charge in [-0.1, -0.05) is 0 Å². The van der Waals surface area contributed by atoms with E-state index < -0.39 is 0 Å². The Labute approximate surface area is 135 Å². The van der Waals surface area contributed by atoms with Gasteiger partial charge in [0, 0.05) is 0 Å². The Morgan fingerprint density at radius 1 is 0.167 bits per heavy atom. The van der Waals surface area contributed by atoms with Crippen molar-refractivity contribution < 1.29 is 32.9 Å². The molecule has 0 aromatic heterocycles. The molecule has 0 heterocycles. The molecule has 0 atom stereocenters. The summed E-state index contributed by atoms with van der Waals surface area (Å²) in [5.41, 5.74) is 0. The van der Waals surface area contributed by atoms with E-state index in [9.17, 15) is 0 Å². The zero-order valence-electron chi connectivity index (χ0n) is 5.91. The average Bonchev–Trinajstić information content (AvgIpc) is 0. The molecule has 0 radical (unpaired) electrons. The maximum atomic E-state index is 0. The summed E-state index contributed by atoms with van der Waals surface area (Å²) in [4.78, 5) is 0. The van der Waals surface area contributed by atoms with E-state index >= 15 is 0 Å². The molecule has 6 nitrogen and oxygen atoms in total. The van der Waals surface area contributed by atoms with Gasteiger partial charge in [0.15, 0.2) is 0 Å². The van der Waals surface area contributed by atoms with Crippen LogP contribution in [0.15, 0.2) is 0 Å². The Morgan fingerprint density at radius 2 is 0.167 bits per heavy atom. The summed E-state index contributed by atoms with van der Waals surface area (Å²) in [5, 5.41) is 0. The van der Waals surface area contributed by atoms with E-state index in [0.717, 1.165) is 0 Å². The molecule has 0 spiro atoms. The van der Waals surface area contributed by atoms with Crippen molar-refractivity contribution in [3.63, 3.8) is 0 Å². The van der Waals surface area contributed by atoms with Crippen molar-refractivity contribution in [2.24, 2.45) is 0 Å². The van der Waals surface area contributed by atoms with Crippen LogP contribution in [0.3, 0.4) is 0 Å². The molecule has 0 aliphatic rings. The molecule has 12 heteroatoms. The molecule has 0 saturated heterocycles. The summed E-state index contributed by atoms with van der Waals surface area (Å²) in [6.45, 7) is 0. The predicted molar refractivity (Wildman–Crippen MR) is 38.6 cm³/mol. The fourth-order valence-electron chi connectivity index (χ4n) is 0. The van der Waals surface area contributed by atoms with Crippen molar-refractivity contribution in [1.29, 1.82) is 0 Å². The van der Waals surface area contributed by atoms with Crippen molar-refractivity contribution >= 4 is 104 Å². The second-order valence-electron chi connectivity index (χ2n) is 0. The first-order chi connectivity index (χ1) is 0. The maximum Gasteiger partial charge on any atom is 3.00 e. The van der Waals surface area contributed by atoms with Crippen molar-refractivity contribution in [3.05, 3.63) is 0 Å². The molecular formula is Al6O6+6. The quantitative estimate of drug-likeness (QED) is 0.403. The van der Waals surface area contributed by atoms with E-state index in [1.165, 1.54) is 0 Å². The van der Waals surface area contributed by atoms with Crippen molar-refractivity contribution in [1.82, 2.24) is 0 Å². The monoisotopic (exact) mass is 258 g/mol. The van der Waals surface area contributed by atoms with Crippen LogP contribution in [0.4, 0.5) is 0 Å². The molecule has 0 bridgehead atoms. The third-order valence-corrected chi connectivity index (χ3v) is 0. The first-order valence-electron chi connectivity index (χ1n) is 0. The minimum atomic E-state index is 0. The zero-order valence-corrected chi connectivity index (χ0v) is 12.8. The molecule has 0 saturated carbocycles. The molecule has 48 valence electrons. The zero-order chi connectivity index (χ0) is 0. The standard InChI is InChI=1S/6Al.6O/q6*+3;6*-2. The number of hydrogen-bond acceptors (Lipinski definition) is 0. The predicted octanol–water partition coefficient (Wildman–Crippen LogP) is -3.00. The van der Waals surface area contributed by atoms with Gasteiger partial charge in [-0.2, -0.15) is 0 Å². The van der Waals surface area contributed by atoms with Gasteiger partial charge in [0.2, 0.25) is 0 Å². The Hall–Kier alpha value is 2.95. The summed E-state index contributed by atoms with van der Waals surface area (Å²) in [7, 11) is 0. The van der Waals surface area contributed by atoms with E-state index in [1.54, 1.807) is 0 Å². The van der Waals surface area contributed by atoms with Crippen LogP contribution in [0.1, 0.15) is 0 Å². The Balaban J connectivity index is 0. The first kappa shape index (κ1) is 334. The fourth-order valence-corrected chi connectivity index (χ4v) is 0. The molecule has 0 N–H and O–H groups in total. The van der Waals surface area contributed by atoms with Crippen molar-refractivity contribution in [3.8, 4) is 0 Å². The molecule has 0 aromatic rings. The van der Waals surface area contributed by atoms with Crippen molar-refractivity contribution in [2.45, 2.75) is 0 Å². The molecule has 0 aliphatic heterocycles. The molecule has 0 aromatic carbocycles. The van der Waals surface area contributed by atoms with Gasteiger partial charge < -0.3 is 32.9 Å². The van der Waals surface area contributed by atoms with Gasteiger partial charge in [-0.25, -0.2) is 0 Å². The number of rotatable bonds is 0. The first-order valence-corrected chi connectivity index (χ1v) is 0. The summed E-state index contributed by atoms with van der Waals surface area (Å²) < 4.78 is 0. The van der Waals surface area contributed by atoms with E-state index in [4.69, 9.17) is 0 Å². The van der Waals surface area contributed by atoms with Gasteiger partial charge in [-0.05, 0) is 0 Å². The van der Waals surface area contributed by atoms with Crippen LogP contribution >= 0.6 is 0 Å². The van der Waals surface area contributed by atoms with Gasteiger partial charge in [0.1, 0.15) is 0 Å². The van der Waals surface area contributed by atoms with Crippen LogP contribution in [0.5, 0.6) is 0 Å². The third kappa shape index (κ3) is 212. The van der Waals surface area contributed by atoms with E-state index in [2.05, 4.69) is 0 Å². The molecule has 0 amide bonds. The molecule has 0 aliphatic carbocycles. The minimum Gasteiger partial charge on any atom is -2.00 e. The van der Waals surface area contributed by atoms with Crippen LogP contribution in [0, 0.1) is 0 Å². The fraction of sp³-hybridized carbons (Fsp3) is 0. The van der Waals surface area contributed by atoms with Gasteiger partial charge >= 0.3 is 104 Å². The van der Waals surface area contributed by atoms with Crippen LogP contribution < -0.4 is 0 Å². The SMILES string of the molecule is [Al+3].[Al+3].[Al+3].[Al+3].[Al+3].[Al+3].[O-2].[O-2].[O-2].[O-2].[O-2].[O-2]. The molecule has 12 heavy (non-hydrogen) atoms. The van der Waals surface area contributed by atoms with Crippen molar-refractivity contribution in [2.75, 3.05) is 0 Å². The Bertz CT molecular complexity index is 12.0. The third-order valence-electron chi connectivity index (χ3n) is 0. The molecular weight excluding hydrogens is 258 g/mol. The topological polar surface area (TPSA) is 171 Å². The molecule has 0 fully saturated rings.